The van der Waals surface area contributed by atoms with Crippen LogP contribution in [0, 0.1) is 5.41 Å². The lowest BCUT2D eigenvalue weighted by Crippen LogP contribution is -2.73. The van der Waals surface area contributed by atoms with Gasteiger partial charge in [0, 0.05) is 18.5 Å². The van der Waals surface area contributed by atoms with Crippen molar-refractivity contribution in [1.82, 2.24) is 10.2 Å². The van der Waals surface area contributed by atoms with Crippen molar-refractivity contribution in [3.05, 3.63) is 65.7 Å². The summed E-state index contributed by atoms with van der Waals surface area (Å²) in [5.74, 6) is -0.429. The minimum Gasteiger partial charge on any atom is -0.469 e. The van der Waals surface area contributed by atoms with Crippen LogP contribution in [0.2, 0.25) is 0 Å². The Balaban J connectivity index is 1.65. The van der Waals surface area contributed by atoms with Crippen LogP contribution >= 0.6 is 0 Å². The number of likely N-dealkylation sites (tertiary alicyclic amines) is 1. The summed E-state index contributed by atoms with van der Waals surface area (Å²) in [5, 5.41) is 2.80. The molecule has 2 aromatic rings. The van der Waals surface area contributed by atoms with E-state index < -0.39 is 29.2 Å². The number of benzene rings is 2. The zero-order valence-corrected chi connectivity index (χ0v) is 22.2. The van der Waals surface area contributed by atoms with Crippen molar-refractivity contribution in [3.8, 4) is 5.75 Å². The Morgan fingerprint density at radius 3 is 2.14 bits per heavy atom. The Bertz CT molecular complexity index is 1120. The van der Waals surface area contributed by atoms with Crippen LogP contribution in [-0.4, -0.2) is 40.4 Å². The van der Waals surface area contributed by atoms with Gasteiger partial charge in [0.25, 0.3) is 0 Å². The summed E-state index contributed by atoms with van der Waals surface area (Å²) in [7, 11) is 0. The van der Waals surface area contributed by atoms with Crippen molar-refractivity contribution in [3.63, 3.8) is 0 Å². The van der Waals surface area contributed by atoms with Gasteiger partial charge in [-0.2, -0.15) is 0 Å². The first-order valence-corrected chi connectivity index (χ1v) is 12.7. The van der Waals surface area contributed by atoms with Gasteiger partial charge in [-0.05, 0) is 63.4 Å². The highest BCUT2D eigenvalue weighted by molar-refractivity contribution is 6.03. The van der Waals surface area contributed by atoms with E-state index in [2.05, 4.69) is 5.32 Å². The van der Waals surface area contributed by atoms with Gasteiger partial charge in [0.05, 0.1) is 6.42 Å². The van der Waals surface area contributed by atoms with Crippen molar-refractivity contribution in [2.24, 2.45) is 5.41 Å². The highest BCUT2D eigenvalue weighted by atomic mass is 16.6. The third-order valence-corrected chi connectivity index (χ3v) is 6.52. The minimum absolute atomic E-state index is 0.00110. The summed E-state index contributed by atoms with van der Waals surface area (Å²) < 4.78 is 11.4. The van der Waals surface area contributed by atoms with Gasteiger partial charge in [0.1, 0.15) is 16.8 Å². The molecule has 1 heterocycles. The highest BCUT2D eigenvalue weighted by Gasteiger charge is 2.62. The second-order valence-electron chi connectivity index (χ2n) is 10.2. The van der Waals surface area contributed by atoms with Gasteiger partial charge in [0.2, 0.25) is 5.91 Å². The van der Waals surface area contributed by atoms with Gasteiger partial charge >= 0.3 is 12.0 Å². The number of carbonyl (C=O) groups excluding carboxylic acids is 4. The second kappa shape index (κ2) is 11.6. The predicted octanol–water partition coefficient (Wildman–Crippen LogP) is 5.25. The summed E-state index contributed by atoms with van der Waals surface area (Å²) in [6.45, 7) is 9.44. The highest BCUT2D eigenvalue weighted by Crippen LogP contribution is 2.46. The summed E-state index contributed by atoms with van der Waals surface area (Å²) >= 11 is 0. The quantitative estimate of drug-likeness (QED) is 0.267. The maximum atomic E-state index is 13.1. The molecular formula is C29H36N2O6. The number of carbonyl (C=O) groups is 4. The molecule has 1 unspecified atom stereocenters. The molecule has 1 fully saturated rings. The number of nitrogens with zero attached hydrogens (tertiary/aromatic N) is 1. The zero-order valence-electron chi connectivity index (χ0n) is 22.2. The monoisotopic (exact) mass is 508 g/mol. The number of β-lactam (4-membered cyclic amide) rings is 1. The molecular weight excluding hydrogens is 472 g/mol. The molecule has 1 aliphatic heterocycles. The number of hydrogen-bond donors (Lipinski definition) is 1. The van der Waals surface area contributed by atoms with Crippen LogP contribution in [0.25, 0.3) is 0 Å². The van der Waals surface area contributed by atoms with Crippen molar-refractivity contribution >= 4 is 23.7 Å². The fraction of sp³-hybridized carbons (Fsp3) is 0.448. The fourth-order valence-corrected chi connectivity index (χ4v) is 4.36. The largest absolute Gasteiger partial charge is 0.469 e. The van der Waals surface area contributed by atoms with Crippen molar-refractivity contribution < 1.29 is 28.7 Å². The molecule has 1 N–H and O–H groups in total. The Hall–Kier alpha value is -3.68. The van der Waals surface area contributed by atoms with Crippen LogP contribution in [0.5, 0.6) is 5.75 Å². The molecule has 1 aliphatic rings. The molecule has 0 saturated carbocycles. The molecule has 0 aliphatic carbocycles. The first kappa shape index (κ1) is 27.9. The topological polar surface area (TPSA) is 102 Å². The van der Waals surface area contributed by atoms with E-state index in [0.717, 1.165) is 10.5 Å². The molecule has 0 radical (unpaired) electrons. The standard InChI is InChI=1S/C29H36N2O6/c1-6-29(7-2)25(34)31(27(35)30-19-20-11-9-8-10-12-20)26(29)36-22-15-13-21(14-16-22)23(32)17-18-24(33)37-28(3,4)5/h8-16,26H,6-7,17-19H2,1-5H3,(H,30,35). The Morgan fingerprint density at radius 1 is 0.946 bits per heavy atom. The van der Waals surface area contributed by atoms with Crippen molar-refractivity contribution in [2.45, 2.75) is 78.7 Å². The first-order chi connectivity index (χ1) is 17.5. The van der Waals surface area contributed by atoms with Crippen LogP contribution in [0.1, 0.15) is 76.2 Å². The lowest BCUT2D eigenvalue weighted by molar-refractivity contribution is -0.190. The Morgan fingerprint density at radius 2 is 1.57 bits per heavy atom. The summed E-state index contributed by atoms with van der Waals surface area (Å²) in [4.78, 5) is 51.5. The maximum Gasteiger partial charge on any atom is 0.327 e. The van der Waals surface area contributed by atoms with Gasteiger partial charge in [-0.3, -0.25) is 14.4 Å². The number of ether oxygens (including phenoxy) is 2. The van der Waals surface area contributed by atoms with Gasteiger partial charge in [-0.1, -0.05) is 44.2 Å². The number of urea groups is 1. The predicted molar refractivity (Wildman–Crippen MR) is 139 cm³/mol. The molecule has 3 amide bonds. The normalized spacial score (nSPS) is 16.5. The van der Waals surface area contributed by atoms with E-state index in [-0.39, 0.29) is 24.5 Å². The first-order valence-electron chi connectivity index (χ1n) is 12.7. The van der Waals surface area contributed by atoms with E-state index in [4.69, 9.17) is 9.47 Å². The van der Waals surface area contributed by atoms with Crippen LogP contribution in [0.4, 0.5) is 4.79 Å². The summed E-state index contributed by atoms with van der Waals surface area (Å²) in [5.41, 5.74) is -0.0345. The third-order valence-electron chi connectivity index (χ3n) is 6.52. The minimum atomic E-state index is -0.800. The zero-order chi connectivity index (χ0) is 27.2. The van der Waals surface area contributed by atoms with Crippen LogP contribution in [0.3, 0.4) is 0 Å². The number of Topliss-reactive ketones (excluding diaryl/α,β-unsaturated/α-hetero) is 1. The number of ketones is 1. The second-order valence-corrected chi connectivity index (χ2v) is 10.2. The number of esters is 1. The summed E-state index contributed by atoms with van der Waals surface area (Å²) in [6, 6.07) is 15.4. The Labute approximate surface area is 218 Å². The van der Waals surface area contributed by atoms with Crippen molar-refractivity contribution in [1.29, 1.82) is 0 Å². The van der Waals surface area contributed by atoms with E-state index in [1.54, 1.807) is 45.0 Å². The lowest BCUT2D eigenvalue weighted by atomic mass is 9.72. The number of hydrogen-bond acceptors (Lipinski definition) is 6. The third kappa shape index (κ3) is 6.56. The SMILES string of the molecule is CCC1(CC)C(=O)N(C(=O)NCc2ccccc2)C1Oc1ccc(C(=O)CCC(=O)OC(C)(C)C)cc1. The molecule has 37 heavy (non-hydrogen) atoms. The van der Waals surface area contributed by atoms with E-state index in [9.17, 15) is 19.2 Å². The van der Waals surface area contributed by atoms with Gasteiger partial charge in [-0.15, -0.1) is 0 Å². The summed E-state index contributed by atoms with van der Waals surface area (Å²) in [6.07, 6.45) is 0.324. The number of rotatable bonds is 10. The maximum absolute atomic E-state index is 13.1. The van der Waals surface area contributed by atoms with E-state index in [1.807, 2.05) is 44.2 Å². The Kier molecular flexibility index (Phi) is 8.73. The molecule has 1 saturated heterocycles. The average Bonchev–Trinajstić information content (AvgIpc) is 2.87. The smallest absolute Gasteiger partial charge is 0.327 e. The van der Waals surface area contributed by atoms with Crippen LogP contribution in [0.15, 0.2) is 54.6 Å². The number of amides is 3. The molecule has 0 spiro atoms. The molecule has 8 heteroatoms. The molecule has 0 bridgehead atoms. The van der Waals surface area contributed by atoms with Gasteiger partial charge in [-0.25, -0.2) is 9.69 Å². The fourth-order valence-electron chi connectivity index (χ4n) is 4.36. The molecule has 3 rings (SSSR count). The van der Waals surface area contributed by atoms with E-state index in [0.29, 0.717) is 30.7 Å². The van der Waals surface area contributed by atoms with Crippen molar-refractivity contribution in [2.75, 3.05) is 0 Å². The molecule has 8 nitrogen and oxygen atoms in total. The van der Waals surface area contributed by atoms with Crippen LogP contribution < -0.4 is 10.1 Å². The van der Waals surface area contributed by atoms with Crippen LogP contribution in [-0.2, 0) is 20.9 Å². The average molecular weight is 509 g/mol. The van der Waals surface area contributed by atoms with Gasteiger partial charge < -0.3 is 14.8 Å². The van der Waals surface area contributed by atoms with Gasteiger partial charge in [0.15, 0.2) is 12.0 Å². The van der Waals surface area contributed by atoms with E-state index in [1.165, 1.54) is 0 Å². The molecule has 198 valence electrons. The lowest BCUT2D eigenvalue weighted by Gasteiger charge is -2.53. The molecule has 1 atom stereocenters. The molecule has 2 aromatic carbocycles. The van der Waals surface area contributed by atoms with E-state index >= 15 is 0 Å². The number of imide groups is 1. The number of nitrogens with one attached hydrogen (secondary N) is 1. The molecule has 0 aromatic heterocycles.